The minimum absolute atomic E-state index is 0.0626. The van der Waals surface area contributed by atoms with Gasteiger partial charge in [-0.1, -0.05) is 22.9 Å². The van der Waals surface area contributed by atoms with Crippen LogP contribution in [0.25, 0.3) is 0 Å². The van der Waals surface area contributed by atoms with Crippen LogP contribution in [0.3, 0.4) is 0 Å². The molecule has 4 nitrogen and oxygen atoms in total. The van der Waals surface area contributed by atoms with E-state index in [9.17, 15) is 0 Å². The Morgan fingerprint density at radius 3 is 2.62 bits per heavy atom. The second kappa shape index (κ2) is 7.79. The topological polar surface area (TPSA) is 39.5 Å². The van der Waals surface area contributed by atoms with Gasteiger partial charge in [-0.05, 0) is 24.6 Å². The fraction of sp³-hybridized carbons (Fsp3) is 0.562. The molecule has 5 heteroatoms. The first-order valence-electron chi connectivity index (χ1n) is 7.36. The zero-order valence-electron chi connectivity index (χ0n) is 12.7. The van der Waals surface area contributed by atoms with Crippen molar-refractivity contribution in [3.05, 3.63) is 28.2 Å². The van der Waals surface area contributed by atoms with Crippen molar-refractivity contribution in [1.29, 1.82) is 5.26 Å². The maximum absolute atomic E-state index is 9.15. The highest BCUT2D eigenvalue weighted by molar-refractivity contribution is 9.10. The number of halogens is 1. The molecule has 114 valence electrons. The Bertz CT molecular complexity index is 507. The first kappa shape index (κ1) is 16.3. The molecule has 1 aromatic carbocycles. The van der Waals surface area contributed by atoms with E-state index in [0.29, 0.717) is 0 Å². The Labute approximate surface area is 135 Å². The van der Waals surface area contributed by atoms with E-state index in [4.69, 9.17) is 10.00 Å². The normalized spacial score (nSPS) is 18.2. The van der Waals surface area contributed by atoms with Crippen LogP contribution in [0.1, 0.15) is 18.9 Å². The second-order valence-electron chi connectivity index (χ2n) is 5.32. The minimum Gasteiger partial charge on any atom is -0.496 e. The van der Waals surface area contributed by atoms with Gasteiger partial charge < -0.3 is 4.74 Å². The summed E-state index contributed by atoms with van der Waals surface area (Å²) >= 11 is 3.52. The monoisotopic (exact) mass is 351 g/mol. The molecule has 1 fully saturated rings. The quantitative estimate of drug-likeness (QED) is 0.817. The van der Waals surface area contributed by atoms with E-state index in [1.807, 2.05) is 12.1 Å². The van der Waals surface area contributed by atoms with Crippen LogP contribution in [-0.4, -0.2) is 49.1 Å². The molecular formula is C16H22BrN3O. The van der Waals surface area contributed by atoms with E-state index < -0.39 is 0 Å². The van der Waals surface area contributed by atoms with Gasteiger partial charge >= 0.3 is 0 Å². The van der Waals surface area contributed by atoms with Crippen molar-refractivity contribution in [3.63, 3.8) is 0 Å². The summed E-state index contributed by atoms with van der Waals surface area (Å²) in [5.74, 6) is 0.934. The fourth-order valence-corrected chi connectivity index (χ4v) is 3.18. The number of piperazine rings is 1. The standard InChI is InChI=1S/C16H22BrN3O/c1-3-15(11-18)20-8-6-19(7-9-20)12-13-10-14(17)4-5-16(13)21-2/h4-5,10,15H,3,6-9,12H2,1-2H3. The zero-order chi connectivity index (χ0) is 15.2. The average molecular weight is 352 g/mol. The number of hydrogen-bond acceptors (Lipinski definition) is 4. The van der Waals surface area contributed by atoms with Crippen LogP contribution in [0.5, 0.6) is 5.75 Å². The summed E-state index contributed by atoms with van der Waals surface area (Å²) < 4.78 is 6.51. The van der Waals surface area contributed by atoms with Crippen molar-refractivity contribution in [2.75, 3.05) is 33.3 Å². The summed E-state index contributed by atoms with van der Waals surface area (Å²) in [6.07, 6.45) is 0.899. The molecule has 1 atom stereocenters. The van der Waals surface area contributed by atoms with Gasteiger partial charge in [0.15, 0.2) is 0 Å². The molecule has 0 aliphatic carbocycles. The first-order chi connectivity index (χ1) is 10.2. The van der Waals surface area contributed by atoms with E-state index in [0.717, 1.165) is 49.4 Å². The fourth-order valence-electron chi connectivity index (χ4n) is 2.78. The van der Waals surface area contributed by atoms with Gasteiger partial charge in [0.1, 0.15) is 5.75 Å². The predicted octanol–water partition coefficient (Wildman–Crippen LogP) is 2.88. The van der Waals surface area contributed by atoms with Crippen molar-refractivity contribution in [2.45, 2.75) is 25.9 Å². The van der Waals surface area contributed by atoms with E-state index in [-0.39, 0.29) is 6.04 Å². The first-order valence-corrected chi connectivity index (χ1v) is 8.15. The van der Waals surface area contributed by atoms with Gasteiger partial charge in [-0.3, -0.25) is 9.80 Å². The summed E-state index contributed by atoms with van der Waals surface area (Å²) in [5.41, 5.74) is 1.20. The Balaban J connectivity index is 1.95. The van der Waals surface area contributed by atoms with Crippen LogP contribution in [0.2, 0.25) is 0 Å². The van der Waals surface area contributed by atoms with Crippen molar-refractivity contribution in [2.24, 2.45) is 0 Å². The third-order valence-corrected chi connectivity index (χ3v) is 4.51. The molecule has 2 rings (SSSR count). The largest absolute Gasteiger partial charge is 0.496 e. The number of ether oxygens (including phenoxy) is 1. The molecule has 1 aliphatic heterocycles. The molecule has 1 unspecified atom stereocenters. The smallest absolute Gasteiger partial charge is 0.123 e. The lowest BCUT2D eigenvalue weighted by atomic mass is 10.1. The Hall–Kier alpha value is -1.09. The lowest BCUT2D eigenvalue weighted by Crippen LogP contribution is -2.49. The molecule has 1 heterocycles. The molecule has 0 bridgehead atoms. The van der Waals surface area contributed by atoms with Gasteiger partial charge in [0.05, 0.1) is 19.2 Å². The summed E-state index contributed by atoms with van der Waals surface area (Å²) in [6, 6.07) is 8.57. The Morgan fingerprint density at radius 1 is 1.33 bits per heavy atom. The summed E-state index contributed by atoms with van der Waals surface area (Å²) in [4.78, 5) is 4.71. The van der Waals surface area contributed by atoms with Crippen molar-refractivity contribution < 1.29 is 4.74 Å². The summed E-state index contributed by atoms with van der Waals surface area (Å²) in [5, 5.41) is 9.15. The molecule has 0 aromatic heterocycles. The third kappa shape index (κ3) is 4.19. The van der Waals surface area contributed by atoms with Crippen molar-refractivity contribution >= 4 is 15.9 Å². The van der Waals surface area contributed by atoms with Crippen LogP contribution >= 0.6 is 15.9 Å². The molecule has 0 N–H and O–H groups in total. The number of hydrogen-bond donors (Lipinski definition) is 0. The van der Waals surface area contributed by atoms with Gasteiger partial charge in [0.2, 0.25) is 0 Å². The molecule has 0 radical (unpaired) electrons. The zero-order valence-corrected chi connectivity index (χ0v) is 14.3. The van der Waals surface area contributed by atoms with E-state index in [1.54, 1.807) is 7.11 Å². The second-order valence-corrected chi connectivity index (χ2v) is 6.24. The van der Waals surface area contributed by atoms with E-state index >= 15 is 0 Å². The van der Waals surface area contributed by atoms with Crippen molar-refractivity contribution in [3.8, 4) is 11.8 Å². The van der Waals surface area contributed by atoms with Gasteiger partial charge in [-0.2, -0.15) is 5.26 Å². The molecular weight excluding hydrogens is 330 g/mol. The van der Waals surface area contributed by atoms with E-state index in [1.165, 1.54) is 5.56 Å². The van der Waals surface area contributed by atoms with Gasteiger partial charge in [-0.25, -0.2) is 0 Å². The molecule has 0 saturated carbocycles. The van der Waals surface area contributed by atoms with Gasteiger partial charge in [-0.15, -0.1) is 0 Å². The lowest BCUT2D eigenvalue weighted by Gasteiger charge is -2.36. The van der Waals surface area contributed by atoms with Gasteiger partial charge in [0, 0.05) is 42.8 Å². The van der Waals surface area contributed by atoms with Gasteiger partial charge in [0.25, 0.3) is 0 Å². The number of nitriles is 1. The van der Waals surface area contributed by atoms with Crippen LogP contribution in [-0.2, 0) is 6.54 Å². The number of rotatable bonds is 5. The summed E-state index contributed by atoms with van der Waals surface area (Å²) in [7, 11) is 1.71. The Kier molecular flexibility index (Phi) is 6.04. The Morgan fingerprint density at radius 2 is 2.05 bits per heavy atom. The third-order valence-electron chi connectivity index (χ3n) is 4.02. The van der Waals surface area contributed by atoms with Crippen LogP contribution in [0.15, 0.2) is 22.7 Å². The summed E-state index contributed by atoms with van der Waals surface area (Å²) in [6.45, 7) is 6.87. The number of methoxy groups -OCH3 is 1. The maximum atomic E-state index is 9.15. The van der Waals surface area contributed by atoms with Crippen molar-refractivity contribution in [1.82, 2.24) is 9.80 Å². The average Bonchev–Trinajstić information content (AvgIpc) is 2.50. The SMILES string of the molecule is CCC(C#N)N1CCN(Cc2cc(Br)ccc2OC)CC1. The molecule has 21 heavy (non-hydrogen) atoms. The maximum Gasteiger partial charge on any atom is 0.123 e. The highest BCUT2D eigenvalue weighted by Crippen LogP contribution is 2.25. The lowest BCUT2D eigenvalue weighted by molar-refractivity contribution is 0.107. The number of benzene rings is 1. The molecule has 0 amide bonds. The highest BCUT2D eigenvalue weighted by Gasteiger charge is 2.23. The predicted molar refractivity (Wildman–Crippen MR) is 87.2 cm³/mol. The minimum atomic E-state index is 0.0626. The van der Waals surface area contributed by atoms with Crippen LogP contribution < -0.4 is 4.74 Å². The highest BCUT2D eigenvalue weighted by atomic mass is 79.9. The van der Waals surface area contributed by atoms with Crippen LogP contribution in [0.4, 0.5) is 0 Å². The molecule has 1 aliphatic rings. The number of nitrogens with zero attached hydrogens (tertiary/aromatic N) is 3. The molecule has 1 saturated heterocycles. The van der Waals surface area contributed by atoms with E-state index in [2.05, 4.69) is 44.8 Å². The molecule has 0 spiro atoms. The molecule has 1 aromatic rings. The van der Waals surface area contributed by atoms with Crippen LogP contribution in [0, 0.1) is 11.3 Å².